The first kappa shape index (κ1) is 17.3. The summed E-state index contributed by atoms with van der Waals surface area (Å²) in [5, 5.41) is 2.45. The highest BCUT2D eigenvalue weighted by molar-refractivity contribution is 5.96. The molecule has 0 bridgehead atoms. The molecule has 7 heteroatoms. The summed E-state index contributed by atoms with van der Waals surface area (Å²) in [6.07, 6.45) is -2.55. The fourth-order valence-corrected chi connectivity index (χ4v) is 2.44. The highest BCUT2D eigenvalue weighted by atomic mass is 19.4. The summed E-state index contributed by atoms with van der Waals surface area (Å²) in [4.78, 5) is 25.6. The van der Waals surface area contributed by atoms with Crippen LogP contribution in [0.15, 0.2) is 24.3 Å². The lowest BCUT2D eigenvalue weighted by atomic mass is 9.99. The van der Waals surface area contributed by atoms with E-state index in [1.165, 1.54) is 0 Å². The van der Waals surface area contributed by atoms with Crippen molar-refractivity contribution >= 4 is 11.8 Å². The van der Waals surface area contributed by atoms with Gasteiger partial charge in [0.25, 0.3) is 5.91 Å². The summed E-state index contributed by atoms with van der Waals surface area (Å²) in [5.74, 6) is -0.129. The third-order valence-corrected chi connectivity index (χ3v) is 4.01. The van der Waals surface area contributed by atoms with Crippen molar-refractivity contribution in [1.29, 1.82) is 0 Å². The van der Waals surface area contributed by atoms with Crippen LogP contribution in [-0.4, -0.2) is 36.3 Å². The second kappa shape index (κ2) is 7.02. The van der Waals surface area contributed by atoms with E-state index < -0.39 is 17.6 Å². The second-order valence-electron chi connectivity index (χ2n) is 5.82. The minimum absolute atomic E-state index is 0.0954. The van der Waals surface area contributed by atoms with Crippen LogP contribution in [0.3, 0.4) is 0 Å². The van der Waals surface area contributed by atoms with E-state index in [1.807, 2.05) is 0 Å². The SMILES string of the molecule is CC1CCN(C(=O)CNC(=O)c2ccc(C(F)(F)F)cc2)CC1. The van der Waals surface area contributed by atoms with Gasteiger partial charge in [-0.05, 0) is 43.0 Å². The molecule has 2 amide bonds. The summed E-state index contributed by atoms with van der Waals surface area (Å²) in [5.41, 5.74) is -0.717. The molecular weight excluding hydrogens is 309 g/mol. The zero-order valence-corrected chi connectivity index (χ0v) is 12.8. The predicted octanol–water partition coefficient (Wildman–Crippen LogP) is 2.69. The van der Waals surface area contributed by atoms with E-state index in [-0.39, 0.29) is 18.0 Å². The normalized spacial score (nSPS) is 16.3. The molecule has 23 heavy (non-hydrogen) atoms. The number of nitrogens with zero attached hydrogens (tertiary/aromatic N) is 1. The lowest BCUT2D eigenvalue weighted by molar-refractivity contribution is -0.137. The van der Waals surface area contributed by atoms with Gasteiger partial charge in [-0.2, -0.15) is 13.2 Å². The Morgan fingerprint density at radius 1 is 1.17 bits per heavy atom. The van der Waals surface area contributed by atoms with Crippen molar-refractivity contribution in [2.75, 3.05) is 19.6 Å². The van der Waals surface area contributed by atoms with Gasteiger partial charge in [0.1, 0.15) is 0 Å². The van der Waals surface area contributed by atoms with Gasteiger partial charge in [0.05, 0.1) is 12.1 Å². The Hall–Kier alpha value is -2.05. The van der Waals surface area contributed by atoms with Crippen molar-refractivity contribution in [3.8, 4) is 0 Å². The lowest BCUT2D eigenvalue weighted by Gasteiger charge is -2.30. The number of likely N-dealkylation sites (tertiary alicyclic amines) is 1. The molecule has 1 heterocycles. The molecule has 0 saturated carbocycles. The summed E-state index contributed by atoms with van der Waals surface area (Å²) in [7, 11) is 0. The Bertz CT molecular complexity index is 562. The van der Waals surface area contributed by atoms with Crippen LogP contribution in [0.2, 0.25) is 0 Å². The molecule has 0 radical (unpaired) electrons. The highest BCUT2D eigenvalue weighted by Crippen LogP contribution is 2.29. The Morgan fingerprint density at radius 3 is 2.26 bits per heavy atom. The van der Waals surface area contributed by atoms with Crippen LogP contribution in [0, 0.1) is 5.92 Å². The molecule has 0 spiro atoms. The summed E-state index contributed by atoms with van der Waals surface area (Å²) in [6, 6.07) is 3.90. The van der Waals surface area contributed by atoms with E-state index in [9.17, 15) is 22.8 Å². The zero-order chi connectivity index (χ0) is 17.0. The van der Waals surface area contributed by atoms with Crippen LogP contribution < -0.4 is 5.32 Å². The molecule has 2 rings (SSSR count). The van der Waals surface area contributed by atoms with E-state index in [0.29, 0.717) is 19.0 Å². The number of benzene rings is 1. The number of hydrogen-bond donors (Lipinski definition) is 1. The van der Waals surface area contributed by atoms with Crippen LogP contribution in [0.25, 0.3) is 0 Å². The number of amides is 2. The molecule has 1 aromatic carbocycles. The molecular formula is C16H19F3N2O2. The Labute approximate surface area is 132 Å². The van der Waals surface area contributed by atoms with Gasteiger partial charge < -0.3 is 10.2 Å². The minimum atomic E-state index is -4.43. The number of nitrogens with one attached hydrogen (secondary N) is 1. The molecule has 0 aromatic heterocycles. The number of carbonyl (C=O) groups excluding carboxylic acids is 2. The van der Waals surface area contributed by atoms with Crippen molar-refractivity contribution in [2.24, 2.45) is 5.92 Å². The van der Waals surface area contributed by atoms with Gasteiger partial charge in [0.15, 0.2) is 0 Å². The zero-order valence-electron chi connectivity index (χ0n) is 12.8. The predicted molar refractivity (Wildman–Crippen MR) is 78.8 cm³/mol. The first-order valence-corrected chi connectivity index (χ1v) is 7.50. The average Bonchev–Trinajstić information content (AvgIpc) is 2.52. The number of halogens is 3. The van der Waals surface area contributed by atoms with E-state index in [1.54, 1.807) is 4.90 Å². The maximum Gasteiger partial charge on any atom is 0.416 e. The molecule has 4 nitrogen and oxygen atoms in total. The van der Waals surface area contributed by atoms with E-state index in [2.05, 4.69) is 12.2 Å². The highest BCUT2D eigenvalue weighted by Gasteiger charge is 2.30. The monoisotopic (exact) mass is 328 g/mol. The fourth-order valence-electron chi connectivity index (χ4n) is 2.44. The molecule has 0 atom stereocenters. The van der Waals surface area contributed by atoms with Crippen molar-refractivity contribution in [3.63, 3.8) is 0 Å². The Balaban J connectivity index is 1.86. The van der Waals surface area contributed by atoms with Crippen LogP contribution in [0.5, 0.6) is 0 Å². The van der Waals surface area contributed by atoms with Gasteiger partial charge in [-0.1, -0.05) is 6.92 Å². The quantitative estimate of drug-likeness (QED) is 0.927. The molecule has 1 fully saturated rings. The Morgan fingerprint density at radius 2 is 1.74 bits per heavy atom. The van der Waals surface area contributed by atoms with Crippen molar-refractivity contribution < 1.29 is 22.8 Å². The van der Waals surface area contributed by atoms with Crippen molar-refractivity contribution in [2.45, 2.75) is 25.9 Å². The number of carbonyl (C=O) groups is 2. The van der Waals surface area contributed by atoms with Crippen LogP contribution >= 0.6 is 0 Å². The molecule has 1 aliphatic rings. The largest absolute Gasteiger partial charge is 0.416 e. The maximum atomic E-state index is 12.5. The van der Waals surface area contributed by atoms with Gasteiger partial charge in [-0.25, -0.2) is 0 Å². The third-order valence-electron chi connectivity index (χ3n) is 4.01. The number of alkyl halides is 3. The molecule has 1 saturated heterocycles. The number of rotatable bonds is 3. The molecule has 0 aliphatic carbocycles. The number of hydrogen-bond acceptors (Lipinski definition) is 2. The van der Waals surface area contributed by atoms with E-state index in [0.717, 1.165) is 37.1 Å². The van der Waals surface area contributed by atoms with Gasteiger partial charge in [-0.3, -0.25) is 9.59 Å². The molecule has 1 N–H and O–H groups in total. The smallest absolute Gasteiger partial charge is 0.343 e. The Kier molecular flexibility index (Phi) is 5.28. The number of piperidine rings is 1. The molecule has 126 valence electrons. The topological polar surface area (TPSA) is 49.4 Å². The van der Waals surface area contributed by atoms with Gasteiger partial charge in [-0.15, -0.1) is 0 Å². The first-order valence-electron chi connectivity index (χ1n) is 7.50. The second-order valence-corrected chi connectivity index (χ2v) is 5.82. The summed E-state index contributed by atoms with van der Waals surface area (Å²) in [6.45, 7) is 3.34. The van der Waals surface area contributed by atoms with Crippen LogP contribution in [-0.2, 0) is 11.0 Å². The fraction of sp³-hybridized carbons (Fsp3) is 0.500. The summed E-state index contributed by atoms with van der Waals surface area (Å²) < 4.78 is 37.4. The summed E-state index contributed by atoms with van der Waals surface area (Å²) >= 11 is 0. The van der Waals surface area contributed by atoms with Crippen molar-refractivity contribution in [3.05, 3.63) is 35.4 Å². The average molecular weight is 328 g/mol. The van der Waals surface area contributed by atoms with Crippen molar-refractivity contribution in [1.82, 2.24) is 10.2 Å². The maximum absolute atomic E-state index is 12.5. The molecule has 0 unspecified atom stereocenters. The van der Waals surface area contributed by atoms with Gasteiger partial charge in [0.2, 0.25) is 5.91 Å². The van der Waals surface area contributed by atoms with Crippen LogP contribution in [0.1, 0.15) is 35.7 Å². The van der Waals surface area contributed by atoms with E-state index in [4.69, 9.17) is 0 Å². The third kappa shape index (κ3) is 4.71. The first-order chi connectivity index (χ1) is 10.8. The standard InChI is InChI=1S/C16H19F3N2O2/c1-11-6-8-21(9-7-11)14(22)10-20-15(23)12-2-4-13(5-3-12)16(17,18)19/h2-5,11H,6-10H2,1H3,(H,20,23). The lowest BCUT2D eigenvalue weighted by Crippen LogP contribution is -2.43. The van der Waals surface area contributed by atoms with Gasteiger partial charge >= 0.3 is 6.18 Å². The van der Waals surface area contributed by atoms with Gasteiger partial charge in [0, 0.05) is 18.7 Å². The minimum Gasteiger partial charge on any atom is -0.343 e. The van der Waals surface area contributed by atoms with Crippen LogP contribution in [0.4, 0.5) is 13.2 Å². The molecule has 1 aliphatic heterocycles. The van der Waals surface area contributed by atoms with E-state index >= 15 is 0 Å². The molecule has 1 aromatic rings.